The molecule has 2 unspecified atom stereocenters. The van der Waals surface area contributed by atoms with E-state index in [1.165, 1.54) is 10.5 Å². The van der Waals surface area contributed by atoms with Crippen LogP contribution < -0.4 is 0 Å². The smallest absolute Gasteiger partial charge is 0.252 e. The molecule has 7 heteroatoms. The average molecular weight is 426 g/mol. The third-order valence-electron chi connectivity index (χ3n) is 6.53. The highest BCUT2D eigenvalue weighted by Gasteiger charge is 2.64. The standard InChI is InChI=1S/C23H24ClN3O3/c24-19-9-5-4-8-17(19)12-26-21(29)20-10-18(28)13-27(20)23(22(26)30)14-25(15-23)11-16-6-2-1-3-7-16/h1-9,18,20,28H,10-15H2. The van der Waals surface area contributed by atoms with Crippen molar-refractivity contribution in [2.24, 2.45) is 0 Å². The number of imide groups is 1. The molecule has 156 valence electrons. The van der Waals surface area contributed by atoms with Crippen molar-refractivity contribution in [1.82, 2.24) is 14.7 Å². The first-order chi connectivity index (χ1) is 14.5. The number of carbonyl (C=O) groups is 2. The number of hydrogen-bond donors (Lipinski definition) is 1. The second-order valence-electron chi connectivity index (χ2n) is 8.54. The van der Waals surface area contributed by atoms with Gasteiger partial charge < -0.3 is 5.11 Å². The van der Waals surface area contributed by atoms with Gasteiger partial charge in [-0.05, 0) is 23.6 Å². The van der Waals surface area contributed by atoms with Gasteiger partial charge in [0.25, 0.3) is 5.91 Å². The maximum absolute atomic E-state index is 13.6. The Kier molecular flexibility index (Phi) is 4.90. The number of likely N-dealkylation sites (tertiary alicyclic amines) is 1. The molecule has 0 radical (unpaired) electrons. The molecule has 2 amide bonds. The van der Waals surface area contributed by atoms with Gasteiger partial charge in [-0.25, -0.2) is 0 Å². The Bertz CT molecular complexity index is 977. The van der Waals surface area contributed by atoms with Crippen molar-refractivity contribution in [2.75, 3.05) is 19.6 Å². The summed E-state index contributed by atoms with van der Waals surface area (Å²) >= 11 is 6.30. The van der Waals surface area contributed by atoms with Gasteiger partial charge in [-0.3, -0.25) is 24.3 Å². The first-order valence-electron chi connectivity index (χ1n) is 10.3. The molecule has 0 bridgehead atoms. The highest BCUT2D eigenvalue weighted by Crippen LogP contribution is 2.41. The summed E-state index contributed by atoms with van der Waals surface area (Å²) in [6, 6.07) is 17.0. The summed E-state index contributed by atoms with van der Waals surface area (Å²) in [5.74, 6) is -0.411. The quantitative estimate of drug-likeness (QED) is 0.758. The number of amides is 2. The van der Waals surface area contributed by atoms with Crippen molar-refractivity contribution in [3.05, 3.63) is 70.7 Å². The van der Waals surface area contributed by atoms with Crippen LogP contribution in [0.3, 0.4) is 0 Å². The van der Waals surface area contributed by atoms with Crippen molar-refractivity contribution >= 4 is 23.4 Å². The van der Waals surface area contributed by atoms with Gasteiger partial charge in [0.05, 0.1) is 18.7 Å². The van der Waals surface area contributed by atoms with Gasteiger partial charge in [-0.15, -0.1) is 0 Å². The molecule has 2 atom stereocenters. The minimum atomic E-state index is -0.758. The van der Waals surface area contributed by atoms with Gasteiger partial charge in [-0.2, -0.15) is 0 Å². The molecule has 1 spiro atoms. The Morgan fingerprint density at radius 1 is 1.00 bits per heavy atom. The van der Waals surface area contributed by atoms with Crippen LogP contribution in [-0.2, 0) is 22.7 Å². The van der Waals surface area contributed by atoms with E-state index >= 15 is 0 Å². The van der Waals surface area contributed by atoms with E-state index < -0.39 is 17.7 Å². The molecule has 0 aromatic heterocycles. The van der Waals surface area contributed by atoms with Gasteiger partial charge in [0.1, 0.15) is 5.54 Å². The zero-order valence-corrected chi connectivity index (χ0v) is 17.3. The fourth-order valence-electron chi connectivity index (χ4n) is 5.09. The van der Waals surface area contributed by atoms with E-state index in [1.54, 1.807) is 6.07 Å². The molecule has 0 saturated carbocycles. The van der Waals surface area contributed by atoms with Gasteiger partial charge in [-0.1, -0.05) is 60.1 Å². The number of hydrogen-bond acceptors (Lipinski definition) is 5. The van der Waals surface area contributed by atoms with E-state index in [2.05, 4.69) is 17.0 Å². The third-order valence-corrected chi connectivity index (χ3v) is 6.90. The molecular weight excluding hydrogens is 402 g/mol. The van der Waals surface area contributed by atoms with E-state index in [9.17, 15) is 14.7 Å². The molecule has 30 heavy (non-hydrogen) atoms. The summed E-state index contributed by atoms with van der Waals surface area (Å²) in [4.78, 5) is 32.3. The lowest BCUT2D eigenvalue weighted by Gasteiger charge is -2.58. The monoisotopic (exact) mass is 425 g/mol. The number of halogens is 1. The summed E-state index contributed by atoms with van der Waals surface area (Å²) in [6.07, 6.45) is -0.224. The first-order valence-corrected chi connectivity index (χ1v) is 10.7. The fraction of sp³-hybridized carbons (Fsp3) is 0.391. The SMILES string of the molecule is O=C1C2CC(O)CN2C2(CN(Cc3ccccc3)C2)C(=O)N1Cc1ccccc1Cl. The number of piperazine rings is 1. The lowest BCUT2D eigenvalue weighted by molar-refractivity contribution is -0.181. The zero-order valence-electron chi connectivity index (χ0n) is 16.6. The van der Waals surface area contributed by atoms with Crippen LogP contribution in [0.1, 0.15) is 17.5 Å². The summed E-state index contributed by atoms with van der Waals surface area (Å²) in [7, 11) is 0. The second kappa shape index (κ2) is 7.46. The maximum Gasteiger partial charge on any atom is 0.252 e. The molecule has 2 aromatic carbocycles. The number of nitrogens with zero attached hydrogens (tertiary/aromatic N) is 3. The molecule has 6 nitrogen and oxygen atoms in total. The molecular formula is C23H24ClN3O3. The molecule has 3 saturated heterocycles. The number of fused-ring (bicyclic) bond motifs is 2. The van der Waals surface area contributed by atoms with E-state index in [0.717, 1.165) is 12.1 Å². The highest BCUT2D eigenvalue weighted by molar-refractivity contribution is 6.31. The van der Waals surface area contributed by atoms with E-state index in [1.807, 2.05) is 41.3 Å². The topological polar surface area (TPSA) is 64.1 Å². The summed E-state index contributed by atoms with van der Waals surface area (Å²) < 4.78 is 0. The fourth-order valence-corrected chi connectivity index (χ4v) is 5.28. The molecule has 3 fully saturated rings. The number of β-amino-alcohol motifs (C(OH)–C–C–N with tert-alkyl or cyclic N) is 1. The molecule has 5 rings (SSSR count). The number of benzene rings is 2. The van der Waals surface area contributed by atoms with E-state index in [4.69, 9.17) is 11.6 Å². The highest BCUT2D eigenvalue weighted by atomic mass is 35.5. The summed E-state index contributed by atoms with van der Waals surface area (Å²) in [5, 5.41) is 10.8. The molecule has 3 aliphatic heterocycles. The summed E-state index contributed by atoms with van der Waals surface area (Å²) in [5.41, 5.74) is 1.19. The van der Waals surface area contributed by atoms with Crippen molar-refractivity contribution in [3.63, 3.8) is 0 Å². The van der Waals surface area contributed by atoms with Crippen LogP contribution in [0.5, 0.6) is 0 Å². The van der Waals surface area contributed by atoms with Gasteiger partial charge in [0.2, 0.25) is 5.91 Å². The van der Waals surface area contributed by atoms with Crippen LogP contribution in [0.25, 0.3) is 0 Å². The van der Waals surface area contributed by atoms with Crippen molar-refractivity contribution < 1.29 is 14.7 Å². The summed E-state index contributed by atoms with van der Waals surface area (Å²) in [6.45, 7) is 2.39. The number of aliphatic hydroxyl groups excluding tert-OH is 1. The normalized spacial score (nSPS) is 26.1. The third kappa shape index (κ3) is 3.15. The Morgan fingerprint density at radius 2 is 1.70 bits per heavy atom. The van der Waals surface area contributed by atoms with Crippen LogP contribution in [-0.4, -0.2) is 68.9 Å². The van der Waals surface area contributed by atoms with Gasteiger partial charge >= 0.3 is 0 Å². The van der Waals surface area contributed by atoms with Crippen molar-refractivity contribution in [3.8, 4) is 0 Å². The zero-order chi connectivity index (χ0) is 20.9. The minimum absolute atomic E-state index is 0.165. The van der Waals surface area contributed by atoms with Gasteiger partial charge in [0, 0.05) is 31.2 Å². The Hall–Kier alpha value is -2.25. The minimum Gasteiger partial charge on any atom is -0.392 e. The number of rotatable bonds is 4. The predicted molar refractivity (Wildman–Crippen MR) is 113 cm³/mol. The predicted octanol–water partition coefficient (Wildman–Crippen LogP) is 1.90. The molecule has 3 heterocycles. The molecule has 3 aliphatic rings. The van der Waals surface area contributed by atoms with Crippen LogP contribution in [0, 0.1) is 0 Å². The lowest BCUT2D eigenvalue weighted by Crippen LogP contribution is -2.81. The van der Waals surface area contributed by atoms with Gasteiger partial charge in [0.15, 0.2) is 0 Å². The van der Waals surface area contributed by atoms with Crippen LogP contribution in [0.15, 0.2) is 54.6 Å². The Morgan fingerprint density at radius 3 is 2.43 bits per heavy atom. The molecule has 2 aromatic rings. The van der Waals surface area contributed by atoms with Crippen LogP contribution in [0.4, 0.5) is 0 Å². The van der Waals surface area contributed by atoms with E-state index in [0.29, 0.717) is 31.1 Å². The second-order valence-corrected chi connectivity index (χ2v) is 8.95. The van der Waals surface area contributed by atoms with E-state index in [-0.39, 0.29) is 18.4 Å². The lowest BCUT2D eigenvalue weighted by atomic mass is 9.82. The van der Waals surface area contributed by atoms with Crippen molar-refractivity contribution in [2.45, 2.75) is 37.2 Å². The Balaban J connectivity index is 1.41. The Labute approximate surface area is 180 Å². The number of carbonyl (C=O) groups excluding carboxylic acids is 2. The van der Waals surface area contributed by atoms with Crippen LogP contribution >= 0.6 is 11.6 Å². The molecule has 1 N–H and O–H groups in total. The first kappa shape index (κ1) is 19.7. The van der Waals surface area contributed by atoms with Crippen LogP contribution in [0.2, 0.25) is 5.02 Å². The number of aliphatic hydroxyl groups is 1. The maximum atomic E-state index is 13.6. The molecule has 0 aliphatic carbocycles. The largest absolute Gasteiger partial charge is 0.392 e. The average Bonchev–Trinajstić information content (AvgIpc) is 3.11. The van der Waals surface area contributed by atoms with Crippen molar-refractivity contribution in [1.29, 1.82) is 0 Å².